The van der Waals surface area contributed by atoms with Crippen LogP contribution in [0.5, 0.6) is 0 Å². The minimum absolute atomic E-state index is 0.208. The van der Waals surface area contributed by atoms with Crippen LogP contribution >= 0.6 is 0 Å². The first-order chi connectivity index (χ1) is 9.15. The molecular weight excluding hydrogens is 240 g/mol. The van der Waals surface area contributed by atoms with Crippen LogP contribution in [-0.2, 0) is 0 Å². The molecule has 0 aliphatic rings. The Bertz CT molecular complexity index is 579. The topological polar surface area (TPSA) is 68.9 Å². The number of fused-ring (bicyclic) bond motifs is 1. The van der Waals surface area contributed by atoms with Crippen molar-refractivity contribution in [3.05, 3.63) is 34.2 Å². The average molecular weight is 262 g/mol. The van der Waals surface area contributed by atoms with Crippen molar-refractivity contribution in [3.63, 3.8) is 0 Å². The van der Waals surface area contributed by atoms with Crippen LogP contribution in [0.4, 0.5) is 0 Å². The van der Waals surface area contributed by atoms with E-state index in [2.05, 4.69) is 23.8 Å². The van der Waals surface area contributed by atoms with Crippen molar-refractivity contribution in [2.75, 3.05) is 0 Å². The summed E-state index contributed by atoms with van der Waals surface area (Å²) in [5.41, 5.74) is 2.21. The zero-order valence-electron chi connectivity index (χ0n) is 11.6. The summed E-state index contributed by atoms with van der Waals surface area (Å²) in [7, 11) is 0. The van der Waals surface area contributed by atoms with Gasteiger partial charge in [-0.25, -0.2) is 4.79 Å². The lowest BCUT2D eigenvalue weighted by Crippen LogP contribution is -2.12. The highest BCUT2D eigenvalue weighted by molar-refractivity contribution is 5.75. The largest absolute Gasteiger partial charge is 0.388 e. The molecule has 2 aromatic rings. The summed E-state index contributed by atoms with van der Waals surface area (Å²) in [6.45, 7) is 4.28. The molecule has 2 rings (SSSR count). The molecule has 0 spiro atoms. The molecule has 104 valence electrons. The summed E-state index contributed by atoms with van der Waals surface area (Å²) >= 11 is 0. The molecule has 4 heteroatoms. The van der Waals surface area contributed by atoms with E-state index >= 15 is 0 Å². The van der Waals surface area contributed by atoms with Crippen molar-refractivity contribution in [3.8, 4) is 0 Å². The second kappa shape index (κ2) is 6.06. The van der Waals surface area contributed by atoms with E-state index in [-0.39, 0.29) is 11.6 Å². The van der Waals surface area contributed by atoms with E-state index in [1.807, 2.05) is 18.2 Å². The van der Waals surface area contributed by atoms with E-state index in [0.717, 1.165) is 42.3 Å². The third-order valence-electron chi connectivity index (χ3n) is 3.65. The summed E-state index contributed by atoms with van der Waals surface area (Å²) in [5, 5.41) is 10.5. The quantitative estimate of drug-likeness (QED) is 0.748. The summed E-state index contributed by atoms with van der Waals surface area (Å²) in [6, 6.07) is 5.62. The Morgan fingerprint density at radius 2 is 1.74 bits per heavy atom. The van der Waals surface area contributed by atoms with E-state index in [9.17, 15) is 9.90 Å². The molecule has 0 bridgehead atoms. The fraction of sp³-hybridized carbons (Fsp3) is 0.533. The summed E-state index contributed by atoms with van der Waals surface area (Å²) in [5.74, 6) is 0.290. The molecule has 0 saturated heterocycles. The molecule has 0 amide bonds. The number of aliphatic hydroxyl groups excluding tert-OH is 1. The Hall–Kier alpha value is -1.55. The zero-order chi connectivity index (χ0) is 13.8. The van der Waals surface area contributed by atoms with Gasteiger partial charge in [-0.3, -0.25) is 0 Å². The number of rotatable bonds is 6. The fourth-order valence-corrected chi connectivity index (χ4v) is 2.71. The maximum atomic E-state index is 11.2. The molecule has 4 nitrogen and oxygen atoms in total. The molecule has 0 aliphatic carbocycles. The molecule has 1 aromatic heterocycles. The number of benzene rings is 1. The molecule has 1 aromatic carbocycles. The van der Waals surface area contributed by atoms with Crippen molar-refractivity contribution in [2.45, 2.75) is 45.6 Å². The lowest BCUT2D eigenvalue weighted by molar-refractivity contribution is 0.0966. The van der Waals surface area contributed by atoms with E-state index < -0.39 is 6.10 Å². The highest BCUT2D eigenvalue weighted by atomic mass is 16.3. The van der Waals surface area contributed by atoms with Gasteiger partial charge < -0.3 is 15.1 Å². The van der Waals surface area contributed by atoms with Crippen LogP contribution in [0.15, 0.2) is 23.0 Å². The standard InChI is InChI=1S/C15H22N2O2/c1-3-5-10(6-4-2)14(18)11-7-8-12-13(9-11)17-15(19)16-12/h7-10,14,18H,3-6H2,1-2H3,(H2,16,17,19). The Morgan fingerprint density at radius 3 is 2.37 bits per heavy atom. The highest BCUT2D eigenvalue weighted by Gasteiger charge is 2.19. The highest BCUT2D eigenvalue weighted by Crippen LogP contribution is 2.30. The molecule has 1 unspecified atom stereocenters. The van der Waals surface area contributed by atoms with Gasteiger partial charge in [0, 0.05) is 0 Å². The number of H-pyrrole nitrogens is 2. The van der Waals surface area contributed by atoms with Crippen molar-refractivity contribution in [1.82, 2.24) is 9.97 Å². The van der Waals surface area contributed by atoms with Crippen molar-refractivity contribution in [2.24, 2.45) is 5.92 Å². The third-order valence-corrected chi connectivity index (χ3v) is 3.65. The van der Waals surface area contributed by atoms with Gasteiger partial charge in [0.25, 0.3) is 0 Å². The summed E-state index contributed by atoms with van der Waals surface area (Å²) in [6.07, 6.45) is 3.74. The first kappa shape index (κ1) is 13.9. The maximum Gasteiger partial charge on any atom is 0.323 e. The first-order valence-corrected chi connectivity index (χ1v) is 7.05. The smallest absolute Gasteiger partial charge is 0.323 e. The zero-order valence-corrected chi connectivity index (χ0v) is 11.6. The van der Waals surface area contributed by atoms with Gasteiger partial charge in [0.15, 0.2) is 0 Å². The molecule has 1 atom stereocenters. The molecule has 19 heavy (non-hydrogen) atoms. The van der Waals surface area contributed by atoms with Crippen LogP contribution in [0.1, 0.15) is 51.2 Å². The second-order valence-corrected chi connectivity index (χ2v) is 5.17. The molecular formula is C15H22N2O2. The van der Waals surface area contributed by atoms with Gasteiger partial charge in [-0.1, -0.05) is 32.8 Å². The summed E-state index contributed by atoms with van der Waals surface area (Å²) in [4.78, 5) is 16.7. The SMILES string of the molecule is CCCC(CCC)C(O)c1ccc2[nH]c(=O)[nH]c2c1. The van der Waals surface area contributed by atoms with E-state index in [4.69, 9.17) is 0 Å². The predicted molar refractivity (Wildman–Crippen MR) is 77.2 cm³/mol. The number of hydrogen-bond acceptors (Lipinski definition) is 2. The second-order valence-electron chi connectivity index (χ2n) is 5.17. The number of imidazole rings is 1. The van der Waals surface area contributed by atoms with Crippen molar-refractivity contribution >= 4 is 11.0 Å². The van der Waals surface area contributed by atoms with Crippen LogP contribution in [0, 0.1) is 5.92 Å². The van der Waals surface area contributed by atoms with Gasteiger partial charge in [0.2, 0.25) is 0 Å². The number of aliphatic hydroxyl groups is 1. The van der Waals surface area contributed by atoms with Gasteiger partial charge in [0.1, 0.15) is 0 Å². The maximum absolute atomic E-state index is 11.2. The van der Waals surface area contributed by atoms with Crippen LogP contribution in [0.2, 0.25) is 0 Å². The van der Waals surface area contributed by atoms with Crippen LogP contribution in [0.25, 0.3) is 11.0 Å². The number of aromatic amines is 2. The first-order valence-electron chi connectivity index (χ1n) is 7.05. The molecule has 0 saturated carbocycles. The van der Waals surface area contributed by atoms with Crippen molar-refractivity contribution < 1.29 is 5.11 Å². The minimum Gasteiger partial charge on any atom is -0.388 e. The Labute approximate surface area is 112 Å². The van der Waals surface area contributed by atoms with Gasteiger partial charge >= 0.3 is 5.69 Å². The van der Waals surface area contributed by atoms with Crippen LogP contribution in [0.3, 0.4) is 0 Å². The molecule has 1 heterocycles. The normalized spacial score (nSPS) is 13.3. The van der Waals surface area contributed by atoms with E-state index in [1.54, 1.807) is 0 Å². The summed E-state index contributed by atoms with van der Waals surface area (Å²) < 4.78 is 0. The Kier molecular flexibility index (Phi) is 4.43. The van der Waals surface area contributed by atoms with Gasteiger partial charge in [-0.2, -0.15) is 0 Å². The minimum atomic E-state index is -0.456. The van der Waals surface area contributed by atoms with E-state index in [1.165, 1.54) is 0 Å². The van der Waals surface area contributed by atoms with Crippen molar-refractivity contribution in [1.29, 1.82) is 0 Å². The van der Waals surface area contributed by atoms with Gasteiger partial charge in [0.05, 0.1) is 17.1 Å². The lowest BCUT2D eigenvalue weighted by atomic mass is 9.88. The Balaban J connectivity index is 2.28. The molecule has 0 fully saturated rings. The van der Waals surface area contributed by atoms with Crippen LogP contribution < -0.4 is 5.69 Å². The fourth-order valence-electron chi connectivity index (χ4n) is 2.71. The predicted octanol–water partition coefficient (Wildman–Crippen LogP) is 3.11. The molecule has 0 radical (unpaired) electrons. The van der Waals surface area contributed by atoms with Gasteiger partial charge in [-0.15, -0.1) is 0 Å². The van der Waals surface area contributed by atoms with E-state index in [0.29, 0.717) is 0 Å². The third kappa shape index (κ3) is 3.07. The number of nitrogens with one attached hydrogen (secondary N) is 2. The lowest BCUT2D eigenvalue weighted by Gasteiger charge is -2.22. The molecule has 3 N–H and O–H groups in total. The monoisotopic (exact) mass is 262 g/mol. The van der Waals surface area contributed by atoms with Gasteiger partial charge in [-0.05, 0) is 36.5 Å². The number of hydrogen-bond donors (Lipinski definition) is 3. The Morgan fingerprint density at radius 1 is 1.11 bits per heavy atom. The number of aromatic nitrogens is 2. The van der Waals surface area contributed by atoms with Crippen LogP contribution in [-0.4, -0.2) is 15.1 Å². The average Bonchev–Trinajstić information content (AvgIpc) is 2.76. The molecule has 0 aliphatic heterocycles.